The van der Waals surface area contributed by atoms with Gasteiger partial charge in [0.1, 0.15) is 0 Å². The van der Waals surface area contributed by atoms with Crippen LogP contribution in [-0.2, 0) is 6.54 Å². The van der Waals surface area contributed by atoms with E-state index in [0.29, 0.717) is 0 Å². The molecule has 2 aromatic rings. The number of benzene rings is 1. The summed E-state index contributed by atoms with van der Waals surface area (Å²) in [6.07, 6.45) is -0.448. The predicted molar refractivity (Wildman–Crippen MR) is 90.5 cm³/mol. The lowest BCUT2D eigenvalue weighted by Gasteiger charge is -2.36. The van der Waals surface area contributed by atoms with E-state index in [9.17, 15) is 5.11 Å². The van der Waals surface area contributed by atoms with Crippen molar-refractivity contribution in [3.05, 3.63) is 58.3 Å². The smallest absolute Gasteiger partial charge is 0.0853 e. The van der Waals surface area contributed by atoms with Crippen molar-refractivity contribution >= 4 is 11.3 Å². The third kappa shape index (κ3) is 4.40. The van der Waals surface area contributed by atoms with Gasteiger partial charge in [-0.2, -0.15) is 0 Å². The Hall–Kier alpha value is -1.16. The molecule has 0 saturated carbocycles. The number of aliphatic hydroxyl groups is 1. The van der Waals surface area contributed by atoms with Crippen molar-refractivity contribution in [1.82, 2.24) is 4.90 Å². The van der Waals surface area contributed by atoms with E-state index in [-0.39, 0.29) is 5.41 Å². The second kappa shape index (κ2) is 7.21. The van der Waals surface area contributed by atoms with Crippen molar-refractivity contribution < 1.29 is 5.11 Å². The van der Waals surface area contributed by atoms with Crippen LogP contribution in [0.5, 0.6) is 0 Å². The van der Waals surface area contributed by atoms with Crippen molar-refractivity contribution in [2.45, 2.75) is 33.4 Å². The number of nitrogens with zero attached hydrogens (tertiary/aromatic N) is 1. The van der Waals surface area contributed by atoms with Crippen LogP contribution in [0.25, 0.3) is 0 Å². The van der Waals surface area contributed by atoms with E-state index in [1.807, 2.05) is 30.3 Å². The van der Waals surface area contributed by atoms with Gasteiger partial charge < -0.3 is 5.11 Å². The first-order valence-corrected chi connectivity index (χ1v) is 8.38. The monoisotopic (exact) mass is 303 g/mol. The molecular formula is C18H25NOS. The van der Waals surface area contributed by atoms with Crippen LogP contribution in [0.2, 0.25) is 0 Å². The molecule has 1 unspecified atom stereocenters. The average Bonchev–Trinajstić information content (AvgIpc) is 2.99. The van der Waals surface area contributed by atoms with Crippen molar-refractivity contribution in [1.29, 1.82) is 0 Å². The first kappa shape index (κ1) is 16.2. The fourth-order valence-corrected chi connectivity index (χ4v) is 3.40. The lowest BCUT2D eigenvalue weighted by molar-refractivity contribution is 0.0196. The van der Waals surface area contributed by atoms with Gasteiger partial charge in [-0.3, -0.25) is 4.90 Å². The van der Waals surface area contributed by atoms with Crippen LogP contribution in [0, 0.1) is 5.41 Å². The molecule has 2 nitrogen and oxygen atoms in total. The number of aliphatic hydroxyl groups excluding tert-OH is 1. The molecule has 114 valence electrons. The summed E-state index contributed by atoms with van der Waals surface area (Å²) in [5.41, 5.74) is 0.809. The molecule has 0 saturated heterocycles. The maximum absolute atomic E-state index is 10.7. The molecule has 0 aliphatic carbocycles. The van der Waals surface area contributed by atoms with Gasteiger partial charge in [-0.1, -0.05) is 57.2 Å². The Morgan fingerprint density at radius 1 is 1.14 bits per heavy atom. The third-order valence-corrected chi connectivity index (χ3v) is 4.75. The Bertz CT molecular complexity index is 521. The largest absolute Gasteiger partial charge is 0.388 e. The normalized spacial score (nSPS) is 13.6. The van der Waals surface area contributed by atoms with Gasteiger partial charge in [0.05, 0.1) is 6.10 Å². The van der Waals surface area contributed by atoms with Crippen LogP contribution in [0.3, 0.4) is 0 Å². The van der Waals surface area contributed by atoms with Gasteiger partial charge in [-0.05, 0) is 23.6 Å². The predicted octanol–water partition coefficient (Wildman–Crippen LogP) is 4.33. The molecule has 2 rings (SSSR count). The summed E-state index contributed by atoms with van der Waals surface area (Å²) < 4.78 is 0. The number of hydrogen-bond acceptors (Lipinski definition) is 3. The zero-order valence-electron chi connectivity index (χ0n) is 13.1. The van der Waals surface area contributed by atoms with Crippen LogP contribution in [0.1, 0.15) is 37.3 Å². The maximum Gasteiger partial charge on any atom is 0.0853 e. The van der Waals surface area contributed by atoms with Crippen LogP contribution >= 0.6 is 11.3 Å². The minimum Gasteiger partial charge on any atom is -0.388 e. The Labute approximate surface area is 132 Å². The molecule has 1 atom stereocenters. The number of rotatable bonds is 7. The van der Waals surface area contributed by atoms with Crippen molar-refractivity contribution in [3.63, 3.8) is 0 Å². The SMILES string of the molecule is CCN(Cc1cccs1)CC(C)(C)C(O)c1ccccc1. The summed E-state index contributed by atoms with van der Waals surface area (Å²) in [4.78, 5) is 3.78. The number of hydrogen-bond donors (Lipinski definition) is 1. The summed E-state index contributed by atoms with van der Waals surface area (Å²) in [5, 5.41) is 12.8. The Kier molecular flexibility index (Phi) is 5.57. The first-order valence-electron chi connectivity index (χ1n) is 7.50. The summed E-state index contributed by atoms with van der Waals surface area (Å²) in [5.74, 6) is 0. The van der Waals surface area contributed by atoms with E-state index in [4.69, 9.17) is 0 Å². The van der Waals surface area contributed by atoms with Crippen LogP contribution in [0.4, 0.5) is 0 Å². The molecule has 1 N–H and O–H groups in total. The summed E-state index contributed by atoms with van der Waals surface area (Å²) in [7, 11) is 0. The fourth-order valence-electron chi connectivity index (χ4n) is 2.65. The van der Waals surface area contributed by atoms with Crippen molar-refractivity contribution in [2.75, 3.05) is 13.1 Å². The first-order chi connectivity index (χ1) is 10.0. The van der Waals surface area contributed by atoms with Gasteiger partial charge in [0.2, 0.25) is 0 Å². The minimum atomic E-state index is -0.448. The van der Waals surface area contributed by atoms with Crippen LogP contribution in [0.15, 0.2) is 47.8 Å². The molecule has 0 bridgehead atoms. The Morgan fingerprint density at radius 3 is 2.43 bits per heavy atom. The summed E-state index contributed by atoms with van der Waals surface area (Å²) in [6.45, 7) is 9.28. The molecule has 1 aromatic carbocycles. The topological polar surface area (TPSA) is 23.5 Å². The highest BCUT2D eigenvalue weighted by Gasteiger charge is 2.30. The third-order valence-electron chi connectivity index (χ3n) is 3.89. The van der Waals surface area contributed by atoms with E-state index < -0.39 is 6.10 Å². The zero-order chi connectivity index (χ0) is 15.3. The molecule has 0 fully saturated rings. The van der Waals surface area contributed by atoms with Gasteiger partial charge in [0.15, 0.2) is 0 Å². The molecule has 21 heavy (non-hydrogen) atoms. The lowest BCUT2D eigenvalue weighted by Crippen LogP contribution is -2.37. The van der Waals surface area contributed by atoms with E-state index >= 15 is 0 Å². The van der Waals surface area contributed by atoms with Crippen LogP contribution < -0.4 is 0 Å². The van der Waals surface area contributed by atoms with E-state index in [2.05, 4.69) is 43.2 Å². The van der Waals surface area contributed by atoms with Gasteiger partial charge in [-0.15, -0.1) is 11.3 Å². The van der Waals surface area contributed by atoms with Crippen molar-refractivity contribution in [2.24, 2.45) is 5.41 Å². The Balaban J connectivity index is 2.04. The molecule has 3 heteroatoms. The molecule has 0 aliphatic heterocycles. The minimum absolute atomic E-state index is 0.186. The highest BCUT2D eigenvalue weighted by atomic mass is 32.1. The van der Waals surface area contributed by atoms with Gasteiger partial charge in [0.25, 0.3) is 0 Å². The van der Waals surface area contributed by atoms with Crippen molar-refractivity contribution in [3.8, 4) is 0 Å². The quantitative estimate of drug-likeness (QED) is 0.823. The molecule has 0 amide bonds. The highest BCUT2D eigenvalue weighted by Crippen LogP contribution is 2.34. The van der Waals surface area contributed by atoms with Gasteiger partial charge >= 0.3 is 0 Å². The standard InChI is InChI=1S/C18H25NOS/c1-4-19(13-16-11-8-12-21-16)14-18(2,3)17(20)15-9-6-5-7-10-15/h5-12,17,20H,4,13-14H2,1-3H3. The molecule has 1 heterocycles. The molecule has 0 spiro atoms. The van der Waals surface area contributed by atoms with E-state index in [1.165, 1.54) is 4.88 Å². The maximum atomic E-state index is 10.7. The highest BCUT2D eigenvalue weighted by molar-refractivity contribution is 7.09. The van der Waals surface area contributed by atoms with E-state index in [1.54, 1.807) is 11.3 Å². The Morgan fingerprint density at radius 2 is 1.86 bits per heavy atom. The fraction of sp³-hybridized carbons (Fsp3) is 0.444. The van der Waals surface area contributed by atoms with E-state index in [0.717, 1.165) is 25.2 Å². The lowest BCUT2D eigenvalue weighted by atomic mass is 9.82. The second-order valence-electron chi connectivity index (χ2n) is 6.18. The average molecular weight is 303 g/mol. The van der Waals surface area contributed by atoms with Gasteiger partial charge in [-0.25, -0.2) is 0 Å². The summed E-state index contributed by atoms with van der Waals surface area (Å²) >= 11 is 1.79. The number of thiophene rings is 1. The second-order valence-corrected chi connectivity index (χ2v) is 7.22. The molecule has 0 aliphatic rings. The molecular weight excluding hydrogens is 278 g/mol. The molecule has 1 aromatic heterocycles. The van der Waals surface area contributed by atoms with Crippen LogP contribution in [-0.4, -0.2) is 23.1 Å². The van der Waals surface area contributed by atoms with Gasteiger partial charge in [0, 0.05) is 23.4 Å². The zero-order valence-corrected chi connectivity index (χ0v) is 13.9. The molecule has 0 radical (unpaired) electrons. The summed E-state index contributed by atoms with van der Waals surface area (Å²) in [6, 6.07) is 14.2.